The molecular weight excluding hydrogens is 348 g/mol. The third-order valence-electron chi connectivity index (χ3n) is 4.18. The van der Waals surface area contributed by atoms with Crippen molar-refractivity contribution in [2.75, 3.05) is 0 Å². The summed E-state index contributed by atoms with van der Waals surface area (Å²) in [5.74, 6) is 0.619. The van der Waals surface area contributed by atoms with Crippen LogP contribution >= 0.6 is 11.6 Å². The second-order valence-corrected chi connectivity index (χ2v) is 6.29. The SMILES string of the molecule is O=c1c(-c2ccccc2)coc2cc(OCc3ccccc3Cl)ccc12. The summed E-state index contributed by atoms with van der Waals surface area (Å²) in [6, 6.07) is 22.2. The van der Waals surface area contributed by atoms with E-state index in [2.05, 4.69) is 0 Å². The normalized spacial score (nSPS) is 10.8. The zero-order valence-electron chi connectivity index (χ0n) is 13.8. The summed E-state index contributed by atoms with van der Waals surface area (Å²) < 4.78 is 11.5. The molecule has 1 heterocycles. The molecule has 0 unspecified atom stereocenters. The van der Waals surface area contributed by atoms with E-state index < -0.39 is 0 Å². The van der Waals surface area contributed by atoms with Crippen molar-refractivity contribution in [1.29, 1.82) is 0 Å². The summed E-state index contributed by atoms with van der Waals surface area (Å²) in [5.41, 5.74) is 2.71. The van der Waals surface area contributed by atoms with Gasteiger partial charge in [-0.25, -0.2) is 0 Å². The number of halogens is 1. The molecule has 0 spiro atoms. The Morgan fingerprint density at radius 3 is 2.50 bits per heavy atom. The highest BCUT2D eigenvalue weighted by Gasteiger charge is 2.10. The molecule has 4 aromatic rings. The van der Waals surface area contributed by atoms with Gasteiger partial charge < -0.3 is 9.15 Å². The van der Waals surface area contributed by atoms with Crippen LogP contribution in [0.4, 0.5) is 0 Å². The second-order valence-electron chi connectivity index (χ2n) is 5.88. The highest BCUT2D eigenvalue weighted by atomic mass is 35.5. The van der Waals surface area contributed by atoms with Crippen molar-refractivity contribution in [3.8, 4) is 16.9 Å². The lowest BCUT2D eigenvalue weighted by atomic mass is 10.1. The Labute approximate surface area is 155 Å². The minimum atomic E-state index is -0.0601. The van der Waals surface area contributed by atoms with Gasteiger partial charge in [0.05, 0.1) is 10.9 Å². The van der Waals surface area contributed by atoms with E-state index >= 15 is 0 Å². The summed E-state index contributed by atoms with van der Waals surface area (Å²) in [5, 5.41) is 1.18. The number of fused-ring (bicyclic) bond motifs is 1. The quantitative estimate of drug-likeness (QED) is 0.468. The predicted octanol–water partition coefficient (Wildman–Crippen LogP) is 5.69. The van der Waals surface area contributed by atoms with E-state index in [9.17, 15) is 4.79 Å². The van der Waals surface area contributed by atoms with E-state index in [4.69, 9.17) is 20.8 Å². The number of hydrogen-bond acceptors (Lipinski definition) is 3. The molecule has 0 saturated carbocycles. The minimum Gasteiger partial charge on any atom is -0.489 e. The Bertz CT molecular complexity index is 1120. The molecule has 3 nitrogen and oxygen atoms in total. The number of hydrogen-bond donors (Lipinski definition) is 0. The smallest absolute Gasteiger partial charge is 0.200 e. The van der Waals surface area contributed by atoms with Gasteiger partial charge in [0, 0.05) is 16.7 Å². The molecule has 26 heavy (non-hydrogen) atoms. The van der Waals surface area contributed by atoms with Gasteiger partial charge >= 0.3 is 0 Å². The minimum absolute atomic E-state index is 0.0601. The molecular formula is C22H15ClO3. The molecule has 0 saturated heterocycles. The van der Waals surface area contributed by atoms with Gasteiger partial charge in [-0.15, -0.1) is 0 Å². The molecule has 0 atom stereocenters. The van der Waals surface area contributed by atoms with Crippen LogP contribution in [-0.2, 0) is 6.61 Å². The summed E-state index contributed by atoms with van der Waals surface area (Å²) in [4.78, 5) is 12.7. The Morgan fingerprint density at radius 2 is 1.69 bits per heavy atom. The molecule has 0 bridgehead atoms. The van der Waals surface area contributed by atoms with Crippen LogP contribution in [-0.4, -0.2) is 0 Å². The molecule has 0 aliphatic carbocycles. The maximum absolute atomic E-state index is 12.7. The molecule has 0 aliphatic heterocycles. The van der Waals surface area contributed by atoms with Crippen LogP contribution in [0.3, 0.4) is 0 Å². The molecule has 0 amide bonds. The van der Waals surface area contributed by atoms with Crippen molar-refractivity contribution in [3.05, 3.63) is 99.9 Å². The van der Waals surface area contributed by atoms with Gasteiger partial charge in [-0.05, 0) is 23.8 Å². The fourth-order valence-corrected chi connectivity index (χ4v) is 2.98. The standard InChI is InChI=1S/C22H15ClO3/c23-20-9-5-4-8-16(20)13-25-17-10-11-18-21(12-17)26-14-19(22(18)24)15-6-2-1-3-7-15/h1-12,14H,13H2. The van der Waals surface area contributed by atoms with Crippen LogP contribution in [0.25, 0.3) is 22.1 Å². The zero-order valence-corrected chi connectivity index (χ0v) is 14.6. The fraction of sp³-hybridized carbons (Fsp3) is 0.0455. The molecule has 0 fully saturated rings. The van der Waals surface area contributed by atoms with Gasteiger partial charge in [-0.2, -0.15) is 0 Å². The van der Waals surface area contributed by atoms with Crippen LogP contribution in [0.2, 0.25) is 5.02 Å². The van der Waals surface area contributed by atoms with E-state index in [1.54, 1.807) is 18.2 Å². The topological polar surface area (TPSA) is 39.4 Å². The van der Waals surface area contributed by atoms with E-state index in [1.807, 2.05) is 54.6 Å². The Balaban J connectivity index is 1.64. The van der Waals surface area contributed by atoms with Crippen LogP contribution in [0, 0.1) is 0 Å². The van der Waals surface area contributed by atoms with E-state index in [0.717, 1.165) is 11.1 Å². The Morgan fingerprint density at radius 1 is 0.923 bits per heavy atom. The van der Waals surface area contributed by atoms with E-state index in [1.165, 1.54) is 6.26 Å². The molecule has 3 aromatic carbocycles. The molecule has 0 N–H and O–H groups in total. The Kier molecular flexibility index (Phi) is 4.46. The number of benzene rings is 3. The third-order valence-corrected chi connectivity index (χ3v) is 4.55. The monoisotopic (exact) mass is 362 g/mol. The second kappa shape index (κ2) is 7.06. The maximum Gasteiger partial charge on any atom is 0.200 e. The molecule has 0 radical (unpaired) electrons. The van der Waals surface area contributed by atoms with Crippen molar-refractivity contribution in [2.45, 2.75) is 6.61 Å². The molecule has 1 aromatic heterocycles. The number of rotatable bonds is 4. The first-order valence-electron chi connectivity index (χ1n) is 8.19. The molecule has 128 valence electrons. The van der Waals surface area contributed by atoms with E-state index in [0.29, 0.717) is 33.9 Å². The summed E-state index contributed by atoms with van der Waals surface area (Å²) in [6.45, 7) is 0.345. The van der Waals surface area contributed by atoms with Crippen molar-refractivity contribution in [3.63, 3.8) is 0 Å². The van der Waals surface area contributed by atoms with Gasteiger partial charge in [0.1, 0.15) is 24.2 Å². The molecule has 4 rings (SSSR count). The third kappa shape index (κ3) is 3.22. The first-order chi connectivity index (χ1) is 12.7. The summed E-state index contributed by atoms with van der Waals surface area (Å²) in [6.07, 6.45) is 1.50. The van der Waals surface area contributed by atoms with E-state index in [-0.39, 0.29) is 5.43 Å². The average Bonchev–Trinajstić information content (AvgIpc) is 2.68. The number of ether oxygens (including phenoxy) is 1. The summed E-state index contributed by atoms with van der Waals surface area (Å²) >= 11 is 6.14. The lowest BCUT2D eigenvalue weighted by Gasteiger charge is -2.09. The summed E-state index contributed by atoms with van der Waals surface area (Å²) in [7, 11) is 0. The molecule has 0 aliphatic rings. The van der Waals surface area contributed by atoms with Gasteiger partial charge in [-0.3, -0.25) is 4.79 Å². The first kappa shape index (κ1) is 16.4. The van der Waals surface area contributed by atoms with Crippen LogP contribution in [0.1, 0.15) is 5.56 Å². The largest absolute Gasteiger partial charge is 0.489 e. The van der Waals surface area contributed by atoms with Crippen LogP contribution < -0.4 is 10.2 Å². The highest BCUT2D eigenvalue weighted by Crippen LogP contribution is 2.24. The predicted molar refractivity (Wildman–Crippen MR) is 104 cm³/mol. The van der Waals surface area contributed by atoms with Crippen molar-refractivity contribution in [1.82, 2.24) is 0 Å². The molecule has 4 heteroatoms. The Hall–Kier alpha value is -3.04. The van der Waals surface area contributed by atoms with Crippen molar-refractivity contribution in [2.24, 2.45) is 0 Å². The van der Waals surface area contributed by atoms with Gasteiger partial charge in [0.15, 0.2) is 5.43 Å². The lowest BCUT2D eigenvalue weighted by molar-refractivity contribution is 0.306. The first-order valence-corrected chi connectivity index (χ1v) is 8.57. The maximum atomic E-state index is 12.7. The average molecular weight is 363 g/mol. The zero-order chi connectivity index (χ0) is 17.9. The van der Waals surface area contributed by atoms with Crippen LogP contribution in [0.15, 0.2) is 88.3 Å². The van der Waals surface area contributed by atoms with Gasteiger partial charge in [0.25, 0.3) is 0 Å². The van der Waals surface area contributed by atoms with Crippen LogP contribution in [0.5, 0.6) is 5.75 Å². The van der Waals surface area contributed by atoms with Gasteiger partial charge in [0.2, 0.25) is 0 Å². The van der Waals surface area contributed by atoms with Gasteiger partial charge in [-0.1, -0.05) is 60.1 Å². The van der Waals surface area contributed by atoms with Crippen molar-refractivity contribution >= 4 is 22.6 Å². The van der Waals surface area contributed by atoms with Crippen molar-refractivity contribution < 1.29 is 9.15 Å². The highest BCUT2D eigenvalue weighted by molar-refractivity contribution is 6.31. The lowest BCUT2D eigenvalue weighted by Crippen LogP contribution is -2.05. The fourth-order valence-electron chi connectivity index (χ4n) is 2.79.